The van der Waals surface area contributed by atoms with E-state index in [0.717, 1.165) is 0 Å². The molecule has 0 heterocycles. The van der Waals surface area contributed by atoms with E-state index in [2.05, 4.69) is 33.5 Å². The van der Waals surface area contributed by atoms with Gasteiger partial charge in [0, 0.05) is 0 Å². The third-order valence-electron chi connectivity index (χ3n) is 0.963. The van der Waals surface area contributed by atoms with Gasteiger partial charge in [0.1, 0.15) is 0 Å². The van der Waals surface area contributed by atoms with Crippen molar-refractivity contribution >= 4 is 30.4 Å². The molecule has 0 N–H and O–H groups in total. The molecule has 0 saturated carbocycles. The molecule has 0 fully saturated rings. The van der Waals surface area contributed by atoms with E-state index in [4.69, 9.17) is 0 Å². The summed E-state index contributed by atoms with van der Waals surface area (Å²) in [5.41, 5.74) is 0. The Kier molecular flexibility index (Phi) is 3.27. The van der Waals surface area contributed by atoms with Crippen molar-refractivity contribution in [3.8, 4) is 0 Å². The molecule has 0 atom stereocenters. The summed E-state index contributed by atoms with van der Waals surface area (Å²) in [6, 6.07) is 1.45. The van der Waals surface area contributed by atoms with Crippen molar-refractivity contribution in [2.24, 2.45) is 0 Å². The molecule has 0 nitrogen and oxygen atoms in total. The van der Waals surface area contributed by atoms with Crippen LogP contribution in [0.1, 0.15) is 13.8 Å². The number of hydrogen-bond acceptors (Lipinski definition) is 0. The van der Waals surface area contributed by atoms with Crippen molar-refractivity contribution in [3.05, 3.63) is 0 Å². The standard InChI is InChI=1S/C7H18SiTe/c1-7(2,9)6-8(3,4)5/h9H,6H2,1-5H3. The summed E-state index contributed by atoms with van der Waals surface area (Å²) in [5.74, 6) is 0. The van der Waals surface area contributed by atoms with Gasteiger partial charge in [-0.05, 0) is 0 Å². The van der Waals surface area contributed by atoms with Crippen LogP contribution in [0.2, 0.25) is 29.1 Å². The van der Waals surface area contributed by atoms with Gasteiger partial charge in [0.2, 0.25) is 0 Å². The van der Waals surface area contributed by atoms with E-state index >= 15 is 0 Å². The topological polar surface area (TPSA) is 0 Å². The first-order valence-electron chi connectivity index (χ1n) is 3.43. The van der Waals surface area contributed by atoms with E-state index in [1.807, 2.05) is 22.3 Å². The quantitative estimate of drug-likeness (QED) is 0.667. The Balaban J connectivity index is 3.75. The molecule has 2 heteroatoms. The van der Waals surface area contributed by atoms with Crippen LogP contribution in [-0.4, -0.2) is 30.4 Å². The zero-order chi connectivity index (χ0) is 7.71. The first-order chi connectivity index (χ1) is 3.71. The summed E-state index contributed by atoms with van der Waals surface area (Å²) in [6.07, 6.45) is 0. The zero-order valence-corrected chi connectivity index (χ0v) is 10.7. The average Bonchev–Trinajstić information content (AvgIpc) is 1.14. The predicted molar refractivity (Wildman–Crippen MR) is 49.3 cm³/mol. The van der Waals surface area contributed by atoms with Crippen molar-refractivity contribution < 1.29 is 0 Å². The van der Waals surface area contributed by atoms with E-state index in [-0.39, 0.29) is 0 Å². The molecule has 0 aliphatic heterocycles. The van der Waals surface area contributed by atoms with Crippen LogP contribution in [0.5, 0.6) is 0 Å². The molecule has 0 aromatic rings. The second kappa shape index (κ2) is 2.94. The molecule has 0 unspecified atom stereocenters. The van der Waals surface area contributed by atoms with Gasteiger partial charge in [-0.25, -0.2) is 0 Å². The summed E-state index contributed by atoms with van der Waals surface area (Å²) >= 11 is 1.97. The van der Waals surface area contributed by atoms with E-state index in [1.165, 1.54) is 6.04 Å². The van der Waals surface area contributed by atoms with Gasteiger partial charge in [0.25, 0.3) is 0 Å². The van der Waals surface area contributed by atoms with Crippen LogP contribution in [0.25, 0.3) is 0 Å². The third-order valence-corrected chi connectivity index (χ3v) is 4.24. The molecule has 0 aromatic carbocycles. The van der Waals surface area contributed by atoms with Crippen LogP contribution in [0.15, 0.2) is 0 Å². The summed E-state index contributed by atoms with van der Waals surface area (Å²) in [5, 5.41) is 0. The van der Waals surface area contributed by atoms with Crippen molar-refractivity contribution in [1.29, 1.82) is 0 Å². The van der Waals surface area contributed by atoms with Crippen LogP contribution in [-0.2, 0) is 0 Å². The number of hydrogen-bond donors (Lipinski definition) is 0. The molecule has 0 spiro atoms. The van der Waals surface area contributed by atoms with Gasteiger partial charge in [-0.2, -0.15) is 0 Å². The van der Waals surface area contributed by atoms with Gasteiger partial charge in [-0.1, -0.05) is 0 Å². The van der Waals surface area contributed by atoms with Gasteiger partial charge >= 0.3 is 73.4 Å². The second-order valence-corrected chi connectivity index (χ2v) is 13.5. The Morgan fingerprint density at radius 1 is 1.22 bits per heavy atom. The molecule has 0 bridgehead atoms. The second-order valence-electron chi connectivity index (χ2n) is 4.55. The van der Waals surface area contributed by atoms with Crippen LogP contribution < -0.4 is 0 Å². The molecule has 0 amide bonds. The summed E-state index contributed by atoms with van der Waals surface area (Å²) in [6.45, 7) is 12.0. The van der Waals surface area contributed by atoms with Crippen LogP contribution >= 0.6 is 0 Å². The van der Waals surface area contributed by atoms with Crippen molar-refractivity contribution in [3.63, 3.8) is 0 Å². The predicted octanol–water partition coefficient (Wildman–Crippen LogP) is 2.42. The molecule has 9 heavy (non-hydrogen) atoms. The monoisotopic (exact) mass is 260 g/mol. The fourth-order valence-electron chi connectivity index (χ4n) is 1.30. The Hall–Kier alpha value is 1.01. The van der Waals surface area contributed by atoms with Crippen LogP contribution in [0.4, 0.5) is 0 Å². The van der Waals surface area contributed by atoms with Gasteiger partial charge in [0.15, 0.2) is 0 Å². The number of rotatable bonds is 2. The van der Waals surface area contributed by atoms with Crippen LogP contribution in [0, 0.1) is 0 Å². The fourth-order valence-corrected chi connectivity index (χ4v) is 7.95. The van der Waals surface area contributed by atoms with Gasteiger partial charge in [-0.3, -0.25) is 0 Å². The van der Waals surface area contributed by atoms with E-state index < -0.39 is 8.07 Å². The molecular formula is C7H18SiTe. The fraction of sp³-hybridized carbons (Fsp3) is 1.00. The van der Waals surface area contributed by atoms with E-state index in [9.17, 15) is 0 Å². The zero-order valence-electron chi connectivity index (χ0n) is 7.15. The Bertz CT molecular complexity index is 74.1. The summed E-state index contributed by atoms with van der Waals surface area (Å²) in [7, 11) is -0.780. The molecule has 0 aliphatic rings. The molecule has 0 aliphatic carbocycles. The van der Waals surface area contributed by atoms with Crippen molar-refractivity contribution in [2.75, 3.05) is 0 Å². The SMILES string of the molecule is CC(C)([TeH])C[Si](C)(C)C. The summed E-state index contributed by atoms with van der Waals surface area (Å²) in [4.78, 5) is 0. The van der Waals surface area contributed by atoms with Gasteiger partial charge < -0.3 is 0 Å². The van der Waals surface area contributed by atoms with Crippen LogP contribution in [0.3, 0.4) is 0 Å². The van der Waals surface area contributed by atoms with E-state index in [1.54, 1.807) is 0 Å². The minimum atomic E-state index is -0.780. The Morgan fingerprint density at radius 2 is 1.56 bits per heavy atom. The van der Waals surface area contributed by atoms with Gasteiger partial charge in [0.05, 0.1) is 0 Å². The first kappa shape index (κ1) is 10.0. The van der Waals surface area contributed by atoms with Crippen molar-refractivity contribution in [2.45, 2.75) is 43.0 Å². The normalized spacial score (nSPS) is 14.0. The first-order valence-corrected chi connectivity index (χ1v) is 8.41. The van der Waals surface area contributed by atoms with E-state index in [0.29, 0.717) is 3.46 Å². The Labute approximate surface area is 73.3 Å². The Morgan fingerprint density at radius 3 is 1.56 bits per heavy atom. The minimum absolute atomic E-state index is 0.596. The maximum absolute atomic E-state index is 2.44. The maximum atomic E-state index is 2.44. The molecular weight excluding hydrogens is 240 g/mol. The van der Waals surface area contributed by atoms with Crippen molar-refractivity contribution in [1.82, 2.24) is 0 Å². The summed E-state index contributed by atoms with van der Waals surface area (Å²) < 4.78 is 0.596. The molecule has 56 valence electrons. The third kappa shape index (κ3) is 9.01. The average molecular weight is 258 g/mol. The molecule has 0 radical (unpaired) electrons. The molecule has 0 rings (SSSR count). The molecule has 0 saturated heterocycles. The van der Waals surface area contributed by atoms with Gasteiger partial charge in [-0.15, -0.1) is 0 Å². The molecule has 0 aromatic heterocycles.